The third-order valence-electron chi connectivity index (χ3n) is 5.79. The maximum atomic E-state index is 13.4. The molecule has 41 heavy (non-hydrogen) atoms. The number of carbonyl (C=O) groups is 2. The summed E-state index contributed by atoms with van der Waals surface area (Å²) in [7, 11) is 3.82. The maximum Gasteiger partial charge on any atom is 0.243 e. The molecule has 0 aliphatic heterocycles. The van der Waals surface area contributed by atoms with E-state index in [4.69, 9.17) is 16.3 Å². The molecule has 2 amide bonds. The van der Waals surface area contributed by atoms with Gasteiger partial charge in [0.05, 0.1) is 10.5 Å². The molecule has 0 bridgehead atoms. The molecule has 11 heteroatoms. The Kier molecular flexibility index (Phi) is 10.2. The summed E-state index contributed by atoms with van der Waals surface area (Å²) in [5, 5.41) is 9.84. The second-order valence-electron chi connectivity index (χ2n) is 9.40. The predicted molar refractivity (Wildman–Crippen MR) is 159 cm³/mol. The zero-order valence-corrected chi connectivity index (χ0v) is 23.4. The first kappa shape index (κ1) is 29.4. The molecule has 0 aliphatic rings. The van der Waals surface area contributed by atoms with E-state index in [-0.39, 0.29) is 37.2 Å². The Labute approximate surface area is 242 Å². The molecule has 1 aromatic heterocycles. The number of amides is 2. The number of hydrogen-bond donors (Lipinski definition) is 3. The van der Waals surface area contributed by atoms with Crippen LogP contribution < -0.4 is 20.7 Å². The number of ether oxygens (including phenoxy) is 1. The monoisotopic (exact) mass is 576 g/mol. The van der Waals surface area contributed by atoms with Crippen LogP contribution in [0.3, 0.4) is 0 Å². The van der Waals surface area contributed by atoms with Gasteiger partial charge in [0, 0.05) is 42.3 Å². The first-order valence-corrected chi connectivity index (χ1v) is 13.2. The molecule has 4 rings (SSSR count). The van der Waals surface area contributed by atoms with Crippen molar-refractivity contribution in [3.63, 3.8) is 0 Å². The van der Waals surface area contributed by atoms with Gasteiger partial charge in [0.1, 0.15) is 30.3 Å². The van der Waals surface area contributed by atoms with Crippen molar-refractivity contribution in [3.8, 4) is 5.75 Å². The third-order valence-corrected chi connectivity index (χ3v) is 6.08. The highest BCUT2D eigenvalue weighted by Crippen LogP contribution is 2.31. The van der Waals surface area contributed by atoms with E-state index in [1.165, 1.54) is 24.5 Å². The Balaban J connectivity index is 1.37. The fraction of sp³-hybridized carbons (Fsp3) is 0.200. The first-order chi connectivity index (χ1) is 19.8. The summed E-state index contributed by atoms with van der Waals surface area (Å²) in [4.78, 5) is 34.9. The van der Waals surface area contributed by atoms with Crippen LogP contribution in [0, 0.1) is 5.82 Å². The largest absolute Gasteiger partial charge is 0.487 e. The van der Waals surface area contributed by atoms with Gasteiger partial charge >= 0.3 is 0 Å². The normalized spacial score (nSPS) is 11.1. The summed E-state index contributed by atoms with van der Waals surface area (Å²) in [6.45, 7) is 1.04. The zero-order valence-electron chi connectivity index (χ0n) is 22.7. The zero-order chi connectivity index (χ0) is 29.2. The number of aromatic nitrogens is 2. The molecule has 212 valence electrons. The first-order valence-electron chi connectivity index (χ1n) is 12.8. The standard InChI is InChI=1S/C30H30ClFN6O3/c1-38(2)14-4-7-28(39)33-13-12-29(40)36-22-8-10-26-24(16-22)30(35-19-34-26)37-23-9-11-27(25(31)17-23)41-18-20-5-3-6-21(32)15-20/h3-11,15-17,19H,12-14,18H2,1-2H3,(H,33,39)(H,36,40)(H,34,35,37)/b7-4+. The summed E-state index contributed by atoms with van der Waals surface area (Å²) in [5.41, 5.74) is 2.60. The predicted octanol–water partition coefficient (Wildman–Crippen LogP) is 5.31. The van der Waals surface area contributed by atoms with Crippen molar-refractivity contribution in [1.29, 1.82) is 0 Å². The van der Waals surface area contributed by atoms with Crippen LogP contribution in [0.15, 0.2) is 79.1 Å². The molecule has 0 fully saturated rings. The number of benzene rings is 3. The van der Waals surface area contributed by atoms with E-state index in [0.29, 0.717) is 51.0 Å². The lowest BCUT2D eigenvalue weighted by Crippen LogP contribution is -2.26. The number of nitrogens with one attached hydrogen (secondary N) is 3. The molecular formula is C30H30ClFN6O3. The van der Waals surface area contributed by atoms with Crippen LogP contribution in [0.5, 0.6) is 5.75 Å². The van der Waals surface area contributed by atoms with E-state index >= 15 is 0 Å². The maximum absolute atomic E-state index is 13.4. The Morgan fingerprint density at radius 3 is 2.66 bits per heavy atom. The number of fused-ring (bicyclic) bond motifs is 1. The lowest BCUT2D eigenvalue weighted by atomic mass is 10.2. The number of halogens is 2. The van der Waals surface area contributed by atoms with E-state index in [9.17, 15) is 14.0 Å². The highest BCUT2D eigenvalue weighted by atomic mass is 35.5. The molecule has 0 aliphatic carbocycles. The summed E-state index contributed by atoms with van der Waals surface area (Å²) in [6.07, 6.45) is 4.77. The lowest BCUT2D eigenvalue weighted by molar-refractivity contribution is -0.117. The molecule has 3 aromatic carbocycles. The van der Waals surface area contributed by atoms with Gasteiger partial charge in [0.2, 0.25) is 11.8 Å². The van der Waals surface area contributed by atoms with Crippen LogP contribution in [-0.2, 0) is 16.2 Å². The molecule has 9 nitrogen and oxygen atoms in total. The van der Waals surface area contributed by atoms with Gasteiger partial charge in [-0.1, -0.05) is 29.8 Å². The second-order valence-corrected chi connectivity index (χ2v) is 9.80. The van der Waals surface area contributed by atoms with Crippen molar-refractivity contribution in [2.45, 2.75) is 13.0 Å². The van der Waals surface area contributed by atoms with E-state index in [1.54, 1.807) is 54.6 Å². The molecule has 0 saturated heterocycles. The summed E-state index contributed by atoms with van der Waals surface area (Å²) < 4.78 is 19.2. The number of carbonyl (C=O) groups excluding carboxylic acids is 2. The minimum atomic E-state index is -0.329. The van der Waals surface area contributed by atoms with E-state index in [2.05, 4.69) is 25.9 Å². The number of rotatable bonds is 12. The Morgan fingerprint density at radius 2 is 1.88 bits per heavy atom. The van der Waals surface area contributed by atoms with Gasteiger partial charge in [-0.3, -0.25) is 9.59 Å². The van der Waals surface area contributed by atoms with E-state index < -0.39 is 0 Å². The van der Waals surface area contributed by atoms with Crippen molar-refractivity contribution >= 4 is 51.5 Å². The number of anilines is 3. The topological polar surface area (TPSA) is 108 Å². The van der Waals surface area contributed by atoms with Crippen LogP contribution in [-0.4, -0.2) is 53.9 Å². The van der Waals surface area contributed by atoms with Gasteiger partial charge in [-0.25, -0.2) is 14.4 Å². The SMILES string of the molecule is CN(C)C/C=C/C(=O)NCCC(=O)Nc1ccc2ncnc(Nc3ccc(OCc4cccc(F)c4)c(Cl)c3)c2c1. The van der Waals surface area contributed by atoms with Crippen LogP contribution in [0.4, 0.5) is 21.6 Å². The van der Waals surface area contributed by atoms with Gasteiger partial charge < -0.3 is 25.6 Å². The summed E-state index contributed by atoms with van der Waals surface area (Å²) in [5.74, 6) is 0.162. The Bertz CT molecular complexity index is 1560. The fourth-order valence-electron chi connectivity index (χ4n) is 3.81. The number of nitrogens with zero attached hydrogens (tertiary/aromatic N) is 3. The van der Waals surface area contributed by atoms with E-state index in [0.717, 1.165) is 0 Å². The molecule has 0 atom stereocenters. The van der Waals surface area contributed by atoms with Crippen molar-refractivity contribution < 1.29 is 18.7 Å². The molecule has 4 aromatic rings. The van der Waals surface area contributed by atoms with Crippen molar-refractivity contribution in [1.82, 2.24) is 20.2 Å². The molecule has 0 spiro atoms. The van der Waals surface area contributed by atoms with Gasteiger partial charge in [-0.05, 0) is 68.2 Å². The Hall–Kier alpha value is -4.54. The highest BCUT2D eigenvalue weighted by Gasteiger charge is 2.10. The molecule has 0 unspecified atom stereocenters. The second kappa shape index (κ2) is 14.2. The van der Waals surface area contributed by atoms with Gasteiger partial charge in [-0.2, -0.15) is 0 Å². The molecule has 0 radical (unpaired) electrons. The van der Waals surface area contributed by atoms with Crippen LogP contribution in [0.2, 0.25) is 5.02 Å². The van der Waals surface area contributed by atoms with Crippen LogP contribution in [0.1, 0.15) is 12.0 Å². The van der Waals surface area contributed by atoms with E-state index in [1.807, 2.05) is 19.0 Å². The number of likely N-dealkylation sites (N-methyl/N-ethyl adjacent to an activating group) is 1. The average molecular weight is 577 g/mol. The minimum absolute atomic E-state index is 0.119. The van der Waals surface area contributed by atoms with Crippen molar-refractivity contribution in [3.05, 3.63) is 95.5 Å². The summed E-state index contributed by atoms with van der Waals surface area (Å²) in [6, 6.07) is 16.7. The van der Waals surface area contributed by atoms with Gasteiger partial charge in [0.15, 0.2) is 0 Å². The van der Waals surface area contributed by atoms with Crippen LogP contribution >= 0.6 is 11.6 Å². The molecule has 0 saturated carbocycles. The quantitative estimate of drug-likeness (QED) is 0.196. The van der Waals surface area contributed by atoms with Crippen molar-refractivity contribution in [2.75, 3.05) is 37.8 Å². The lowest BCUT2D eigenvalue weighted by Gasteiger charge is -2.13. The fourth-order valence-corrected chi connectivity index (χ4v) is 4.04. The molecular weight excluding hydrogens is 547 g/mol. The number of hydrogen-bond acceptors (Lipinski definition) is 7. The smallest absolute Gasteiger partial charge is 0.243 e. The third kappa shape index (κ3) is 8.99. The summed E-state index contributed by atoms with van der Waals surface area (Å²) >= 11 is 6.44. The minimum Gasteiger partial charge on any atom is -0.487 e. The Morgan fingerprint density at radius 1 is 1.05 bits per heavy atom. The van der Waals surface area contributed by atoms with Crippen LogP contribution in [0.25, 0.3) is 10.9 Å². The van der Waals surface area contributed by atoms with Gasteiger partial charge in [-0.15, -0.1) is 0 Å². The average Bonchev–Trinajstić information content (AvgIpc) is 2.93. The molecule has 3 N–H and O–H groups in total. The highest BCUT2D eigenvalue weighted by molar-refractivity contribution is 6.32. The van der Waals surface area contributed by atoms with Gasteiger partial charge in [0.25, 0.3) is 0 Å². The molecule has 1 heterocycles. The van der Waals surface area contributed by atoms with Crippen molar-refractivity contribution in [2.24, 2.45) is 0 Å².